The molecule has 0 saturated heterocycles. The van der Waals surface area contributed by atoms with Crippen molar-refractivity contribution in [3.63, 3.8) is 0 Å². The van der Waals surface area contributed by atoms with Crippen LogP contribution in [0.25, 0.3) is 0 Å². The highest BCUT2D eigenvalue weighted by Gasteiger charge is 2.18. The van der Waals surface area contributed by atoms with E-state index in [-0.39, 0.29) is 21.9 Å². The Morgan fingerprint density at radius 3 is 2.27 bits per heavy atom. The summed E-state index contributed by atoms with van der Waals surface area (Å²) in [7, 11) is 0. The Hall–Kier alpha value is -1.98. The Balaban J connectivity index is 2.43. The zero-order valence-corrected chi connectivity index (χ0v) is 12.4. The third kappa shape index (κ3) is 4.02. The summed E-state index contributed by atoms with van der Waals surface area (Å²) >= 11 is 11.0. The van der Waals surface area contributed by atoms with Gasteiger partial charge in [-0.1, -0.05) is 11.6 Å². The van der Waals surface area contributed by atoms with Gasteiger partial charge in [0.2, 0.25) is 0 Å². The van der Waals surface area contributed by atoms with Crippen molar-refractivity contribution in [2.75, 3.05) is 6.61 Å². The molecule has 22 heavy (non-hydrogen) atoms. The van der Waals surface area contributed by atoms with Crippen molar-refractivity contribution in [3.05, 3.63) is 64.2 Å². The maximum Gasteiger partial charge on any atom is 0.259 e. The molecule has 0 saturated carbocycles. The van der Waals surface area contributed by atoms with E-state index in [1.165, 1.54) is 18.2 Å². The molecule has 0 amide bonds. The van der Waals surface area contributed by atoms with Crippen molar-refractivity contribution in [2.45, 2.75) is 0 Å². The number of ketones is 1. The van der Waals surface area contributed by atoms with Gasteiger partial charge in [0.15, 0.2) is 12.4 Å². The largest absolute Gasteiger partial charge is 0.484 e. The fraction of sp³-hybridized carbons (Fsp3) is 0.0667. The maximum absolute atomic E-state index is 13.2. The van der Waals surface area contributed by atoms with E-state index in [0.717, 1.165) is 12.1 Å². The maximum atomic E-state index is 13.2. The monoisotopic (exact) mass is 344 g/mol. The summed E-state index contributed by atoms with van der Waals surface area (Å²) < 4.78 is 31.6. The average molecular weight is 345 g/mol. The van der Waals surface area contributed by atoms with Crippen LogP contribution in [0.15, 0.2) is 36.4 Å². The van der Waals surface area contributed by atoms with Gasteiger partial charge in [-0.2, -0.15) is 0 Å². The summed E-state index contributed by atoms with van der Waals surface area (Å²) in [6.45, 7) is -0.457. The van der Waals surface area contributed by atoms with E-state index in [9.17, 15) is 18.4 Å². The first kappa shape index (κ1) is 16.4. The van der Waals surface area contributed by atoms with Gasteiger partial charge in [0.05, 0.1) is 5.56 Å². The van der Waals surface area contributed by atoms with Crippen LogP contribution < -0.4 is 4.74 Å². The van der Waals surface area contributed by atoms with E-state index < -0.39 is 29.3 Å². The van der Waals surface area contributed by atoms with Crippen LogP contribution in [0.2, 0.25) is 5.02 Å². The highest BCUT2D eigenvalue weighted by Crippen LogP contribution is 2.26. The lowest BCUT2D eigenvalue weighted by Gasteiger charge is -2.10. The Labute approximate surface area is 134 Å². The lowest BCUT2D eigenvalue weighted by atomic mass is 10.0. The first-order chi connectivity index (χ1) is 10.4. The second-order valence-electron chi connectivity index (χ2n) is 4.27. The minimum absolute atomic E-state index is 0.0320. The van der Waals surface area contributed by atoms with Crippen LogP contribution in [0, 0.1) is 11.6 Å². The minimum atomic E-state index is -0.885. The summed E-state index contributed by atoms with van der Waals surface area (Å²) in [6, 6.07) is 6.52. The molecule has 0 aliphatic heterocycles. The average Bonchev–Trinajstić information content (AvgIpc) is 2.44. The zero-order valence-electron chi connectivity index (χ0n) is 10.9. The van der Waals surface area contributed by atoms with Crippen molar-refractivity contribution >= 4 is 34.2 Å². The van der Waals surface area contributed by atoms with Crippen LogP contribution in [-0.4, -0.2) is 17.6 Å². The predicted molar refractivity (Wildman–Crippen MR) is 77.6 cm³/mol. The zero-order chi connectivity index (χ0) is 16.3. The number of hydrogen-bond acceptors (Lipinski definition) is 3. The molecule has 2 aromatic carbocycles. The van der Waals surface area contributed by atoms with Gasteiger partial charge >= 0.3 is 0 Å². The molecule has 0 fully saturated rings. The molecule has 0 radical (unpaired) electrons. The molecule has 0 bridgehead atoms. The van der Waals surface area contributed by atoms with Crippen molar-refractivity contribution in [1.29, 1.82) is 0 Å². The molecule has 2 rings (SSSR count). The number of halogens is 4. The van der Waals surface area contributed by atoms with E-state index in [0.29, 0.717) is 6.07 Å². The quantitative estimate of drug-likeness (QED) is 0.608. The van der Waals surface area contributed by atoms with E-state index in [1.54, 1.807) is 0 Å². The van der Waals surface area contributed by atoms with Crippen molar-refractivity contribution in [2.24, 2.45) is 0 Å². The van der Waals surface area contributed by atoms with Gasteiger partial charge in [-0.15, -0.1) is 0 Å². The van der Waals surface area contributed by atoms with Crippen molar-refractivity contribution in [3.8, 4) is 5.75 Å². The van der Waals surface area contributed by atoms with E-state index in [1.807, 2.05) is 0 Å². The van der Waals surface area contributed by atoms with Crippen LogP contribution in [0.3, 0.4) is 0 Å². The Kier molecular flexibility index (Phi) is 5.11. The third-order valence-electron chi connectivity index (χ3n) is 2.65. The molecule has 0 heterocycles. The van der Waals surface area contributed by atoms with Crippen LogP contribution in [0.1, 0.15) is 15.9 Å². The highest BCUT2D eigenvalue weighted by atomic mass is 35.5. The van der Waals surface area contributed by atoms with Crippen LogP contribution in [-0.2, 0) is 4.79 Å². The second kappa shape index (κ2) is 6.85. The third-order valence-corrected chi connectivity index (χ3v) is 3.00. The van der Waals surface area contributed by atoms with E-state index in [2.05, 4.69) is 0 Å². The van der Waals surface area contributed by atoms with E-state index >= 15 is 0 Å². The molecule has 7 heteroatoms. The molecule has 0 aliphatic carbocycles. The molecule has 0 N–H and O–H groups in total. The number of hydrogen-bond donors (Lipinski definition) is 0. The number of carbonyl (C=O) groups is 2. The predicted octanol–water partition coefficient (Wildman–Crippen LogP) is 3.99. The highest BCUT2D eigenvalue weighted by molar-refractivity contribution is 6.63. The SMILES string of the molecule is O=C(Cl)COc1ccc(Cl)cc1C(=O)c1cc(F)cc(F)c1. The molecule has 3 nitrogen and oxygen atoms in total. The van der Waals surface area contributed by atoms with Crippen molar-refractivity contribution < 1.29 is 23.1 Å². The van der Waals surface area contributed by atoms with Crippen LogP contribution in [0.5, 0.6) is 5.75 Å². The normalized spacial score (nSPS) is 10.4. The van der Waals surface area contributed by atoms with E-state index in [4.69, 9.17) is 27.9 Å². The Morgan fingerprint density at radius 2 is 1.68 bits per heavy atom. The molecule has 0 aliphatic rings. The molecular weight excluding hydrogens is 337 g/mol. The van der Waals surface area contributed by atoms with Crippen LogP contribution in [0.4, 0.5) is 8.78 Å². The summed E-state index contributed by atoms with van der Waals surface area (Å²) in [5, 5.41) is -0.532. The van der Waals surface area contributed by atoms with Gasteiger partial charge in [0.1, 0.15) is 17.4 Å². The van der Waals surface area contributed by atoms with Crippen molar-refractivity contribution in [1.82, 2.24) is 0 Å². The first-order valence-electron chi connectivity index (χ1n) is 5.98. The smallest absolute Gasteiger partial charge is 0.259 e. The second-order valence-corrected chi connectivity index (χ2v) is 5.13. The summed E-state index contributed by atoms with van der Waals surface area (Å²) in [6.07, 6.45) is 0. The fourth-order valence-electron chi connectivity index (χ4n) is 1.78. The summed E-state index contributed by atoms with van der Waals surface area (Å²) in [5.74, 6) is -2.43. The lowest BCUT2D eigenvalue weighted by Crippen LogP contribution is -2.10. The van der Waals surface area contributed by atoms with Gasteiger partial charge in [-0.05, 0) is 41.9 Å². The van der Waals surface area contributed by atoms with Gasteiger partial charge in [-0.25, -0.2) is 8.78 Å². The number of benzene rings is 2. The first-order valence-corrected chi connectivity index (χ1v) is 6.74. The van der Waals surface area contributed by atoms with Gasteiger partial charge in [0, 0.05) is 16.7 Å². The topological polar surface area (TPSA) is 43.4 Å². The molecule has 0 spiro atoms. The molecular formula is C15H8Cl2F2O3. The fourth-order valence-corrected chi connectivity index (χ4v) is 2.01. The number of rotatable bonds is 5. The Bertz CT molecular complexity index is 727. The minimum Gasteiger partial charge on any atom is -0.484 e. The summed E-state index contributed by atoms with van der Waals surface area (Å²) in [4.78, 5) is 23.1. The molecule has 2 aromatic rings. The molecule has 0 unspecified atom stereocenters. The number of ether oxygens (including phenoxy) is 1. The van der Waals surface area contributed by atoms with Crippen LogP contribution >= 0.6 is 23.2 Å². The Morgan fingerprint density at radius 1 is 1.05 bits per heavy atom. The molecule has 0 aromatic heterocycles. The van der Waals surface area contributed by atoms with Gasteiger partial charge in [0.25, 0.3) is 5.24 Å². The standard InChI is InChI=1S/C15H8Cl2F2O3/c16-9-1-2-13(22-7-14(17)20)12(5-9)15(21)8-3-10(18)6-11(19)4-8/h1-6H,7H2. The summed E-state index contributed by atoms with van der Waals surface area (Å²) in [5.41, 5.74) is -0.239. The molecule has 0 atom stereocenters. The van der Waals surface area contributed by atoms with Gasteiger partial charge < -0.3 is 4.74 Å². The molecule has 114 valence electrons. The lowest BCUT2D eigenvalue weighted by molar-refractivity contribution is -0.113. The van der Waals surface area contributed by atoms with Gasteiger partial charge in [-0.3, -0.25) is 9.59 Å². The number of carbonyl (C=O) groups excluding carboxylic acids is 2.